The van der Waals surface area contributed by atoms with E-state index in [4.69, 9.17) is 39.9 Å². The molecular formula is C14H14Cl3NO3. The van der Waals surface area contributed by atoms with E-state index in [1.807, 2.05) is 0 Å². The van der Waals surface area contributed by atoms with Gasteiger partial charge in [-0.15, -0.1) is 0 Å². The Morgan fingerprint density at radius 1 is 1.05 bits per heavy atom. The fourth-order valence-electron chi connectivity index (χ4n) is 2.51. The minimum absolute atomic E-state index is 0.235. The summed E-state index contributed by atoms with van der Waals surface area (Å²) < 4.78 is 0. The minimum atomic E-state index is -0.847. The average Bonchev–Trinajstić information content (AvgIpc) is 2.44. The first-order valence-corrected chi connectivity index (χ1v) is 7.70. The number of carboxylic acids is 1. The van der Waals surface area contributed by atoms with Gasteiger partial charge in [-0.25, -0.2) is 0 Å². The molecule has 2 unspecified atom stereocenters. The molecule has 0 heterocycles. The van der Waals surface area contributed by atoms with Crippen molar-refractivity contribution in [3.05, 3.63) is 27.2 Å². The number of benzene rings is 1. The highest BCUT2D eigenvalue weighted by atomic mass is 35.5. The highest BCUT2D eigenvalue weighted by Gasteiger charge is 2.31. The van der Waals surface area contributed by atoms with Crippen LogP contribution in [0, 0.1) is 11.8 Å². The second kappa shape index (κ2) is 6.86. The van der Waals surface area contributed by atoms with Gasteiger partial charge in [-0.05, 0) is 31.4 Å². The molecule has 114 valence electrons. The van der Waals surface area contributed by atoms with Gasteiger partial charge in [0.2, 0.25) is 5.91 Å². The number of amides is 1. The molecule has 0 saturated heterocycles. The van der Waals surface area contributed by atoms with E-state index in [-0.39, 0.29) is 11.8 Å². The van der Waals surface area contributed by atoms with Crippen molar-refractivity contribution in [1.82, 2.24) is 0 Å². The molecule has 1 aliphatic rings. The molecular weight excluding hydrogens is 337 g/mol. The lowest BCUT2D eigenvalue weighted by Gasteiger charge is -2.25. The second-order valence-electron chi connectivity index (χ2n) is 5.13. The van der Waals surface area contributed by atoms with E-state index >= 15 is 0 Å². The molecule has 1 aliphatic carbocycles. The predicted molar refractivity (Wildman–Crippen MR) is 83.2 cm³/mol. The predicted octanol–water partition coefficient (Wildman–Crippen LogP) is 4.48. The quantitative estimate of drug-likeness (QED) is 0.790. The van der Waals surface area contributed by atoms with Crippen LogP contribution in [0.3, 0.4) is 0 Å². The number of anilines is 1. The van der Waals surface area contributed by atoms with E-state index in [0.29, 0.717) is 40.0 Å². The van der Waals surface area contributed by atoms with Gasteiger partial charge in [-0.2, -0.15) is 0 Å². The first-order valence-electron chi connectivity index (χ1n) is 6.56. The molecule has 0 bridgehead atoms. The molecule has 21 heavy (non-hydrogen) atoms. The van der Waals surface area contributed by atoms with Gasteiger partial charge in [-0.3, -0.25) is 9.59 Å². The minimum Gasteiger partial charge on any atom is -0.481 e. The second-order valence-corrected chi connectivity index (χ2v) is 6.36. The standard InChI is InChI=1S/C14H14Cl3NO3/c15-9-5-11(17)12(6-10(9)16)18-13(19)7-2-1-3-8(4-7)14(20)21/h5-8H,1-4H2,(H,18,19)(H,20,21). The molecule has 1 saturated carbocycles. The molecule has 1 aromatic carbocycles. The van der Waals surface area contributed by atoms with Gasteiger partial charge in [0, 0.05) is 5.92 Å². The van der Waals surface area contributed by atoms with Gasteiger partial charge in [0.05, 0.1) is 26.7 Å². The maximum atomic E-state index is 12.2. The number of carbonyl (C=O) groups is 2. The van der Waals surface area contributed by atoms with Crippen LogP contribution in [-0.2, 0) is 9.59 Å². The molecule has 2 N–H and O–H groups in total. The molecule has 1 amide bonds. The summed E-state index contributed by atoms with van der Waals surface area (Å²) in [5.41, 5.74) is 0.383. The summed E-state index contributed by atoms with van der Waals surface area (Å²) in [6, 6.07) is 2.95. The van der Waals surface area contributed by atoms with Crippen molar-refractivity contribution in [1.29, 1.82) is 0 Å². The third-order valence-corrected chi connectivity index (χ3v) is 4.70. The summed E-state index contributed by atoms with van der Waals surface area (Å²) in [4.78, 5) is 23.3. The molecule has 1 fully saturated rings. The Hall–Kier alpha value is -0.970. The third kappa shape index (κ3) is 4.02. The Bertz CT molecular complexity index is 577. The first kappa shape index (κ1) is 16.4. The van der Waals surface area contributed by atoms with Crippen molar-refractivity contribution in [3.63, 3.8) is 0 Å². The maximum absolute atomic E-state index is 12.2. The summed E-state index contributed by atoms with van der Waals surface area (Å²) in [6.45, 7) is 0. The van der Waals surface area contributed by atoms with Gasteiger partial charge < -0.3 is 10.4 Å². The molecule has 1 aromatic rings. The zero-order valence-corrected chi connectivity index (χ0v) is 13.3. The Morgan fingerprint density at radius 3 is 2.33 bits per heavy atom. The smallest absolute Gasteiger partial charge is 0.306 e. The van der Waals surface area contributed by atoms with Crippen LogP contribution < -0.4 is 5.32 Å². The highest BCUT2D eigenvalue weighted by molar-refractivity contribution is 6.44. The summed E-state index contributed by atoms with van der Waals surface area (Å²) in [6.07, 6.45) is 2.37. The Balaban J connectivity index is 2.07. The lowest BCUT2D eigenvalue weighted by atomic mass is 9.81. The van der Waals surface area contributed by atoms with Crippen molar-refractivity contribution in [3.8, 4) is 0 Å². The van der Waals surface area contributed by atoms with Crippen LogP contribution >= 0.6 is 34.8 Å². The fourth-order valence-corrected chi connectivity index (χ4v) is 3.10. The number of hydrogen-bond acceptors (Lipinski definition) is 2. The van der Waals surface area contributed by atoms with Gasteiger partial charge in [0.25, 0.3) is 0 Å². The zero-order chi connectivity index (χ0) is 15.6. The van der Waals surface area contributed by atoms with Crippen LogP contribution in [0.2, 0.25) is 15.1 Å². The van der Waals surface area contributed by atoms with Gasteiger partial charge in [0.15, 0.2) is 0 Å². The van der Waals surface area contributed by atoms with Crippen molar-refractivity contribution in [2.45, 2.75) is 25.7 Å². The number of nitrogens with one attached hydrogen (secondary N) is 1. The molecule has 2 atom stereocenters. The Morgan fingerprint density at radius 2 is 1.67 bits per heavy atom. The SMILES string of the molecule is O=C(O)C1CCCC(C(=O)Nc2cc(Cl)c(Cl)cc2Cl)C1. The van der Waals surface area contributed by atoms with Crippen molar-refractivity contribution in [2.75, 3.05) is 5.32 Å². The summed E-state index contributed by atoms with van der Waals surface area (Å²) in [5, 5.41) is 12.7. The highest BCUT2D eigenvalue weighted by Crippen LogP contribution is 2.34. The van der Waals surface area contributed by atoms with Gasteiger partial charge in [0.1, 0.15) is 0 Å². The lowest BCUT2D eigenvalue weighted by molar-refractivity contribution is -0.143. The van der Waals surface area contributed by atoms with E-state index in [0.717, 1.165) is 6.42 Å². The average molecular weight is 351 g/mol. The first-order chi connectivity index (χ1) is 9.88. The Labute approximate surface area is 137 Å². The zero-order valence-electron chi connectivity index (χ0n) is 11.0. The van der Waals surface area contributed by atoms with E-state index in [1.165, 1.54) is 12.1 Å². The van der Waals surface area contributed by atoms with Crippen molar-refractivity contribution < 1.29 is 14.7 Å². The molecule has 0 spiro atoms. The van der Waals surface area contributed by atoms with E-state index in [9.17, 15) is 9.59 Å². The topological polar surface area (TPSA) is 66.4 Å². The summed E-state index contributed by atoms with van der Waals surface area (Å²) in [5.74, 6) is -1.87. The molecule has 4 nitrogen and oxygen atoms in total. The number of rotatable bonds is 3. The number of carbonyl (C=O) groups excluding carboxylic acids is 1. The van der Waals surface area contributed by atoms with E-state index in [2.05, 4.69) is 5.32 Å². The van der Waals surface area contributed by atoms with Crippen molar-refractivity contribution in [2.24, 2.45) is 11.8 Å². The number of aliphatic carboxylic acids is 1. The van der Waals surface area contributed by atoms with Gasteiger partial charge >= 0.3 is 5.97 Å². The van der Waals surface area contributed by atoms with Crippen LogP contribution in [0.5, 0.6) is 0 Å². The number of hydrogen-bond donors (Lipinski definition) is 2. The Kier molecular flexibility index (Phi) is 5.36. The third-order valence-electron chi connectivity index (χ3n) is 3.66. The fraction of sp³-hybridized carbons (Fsp3) is 0.429. The summed E-state index contributed by atoms with van der Waals surface area (Å²) in [7, 11) is 0. The van der Waals surface area contributed by atoms with Gasteiger partial charge in [-0.1, -0.05) is 41.2 Å². The lowest BCUT2D eigenvalue weighted by Crippen LogP contribution is -2.31. The van der Waals surface area contributed by atoms with E-state index < -0.39 is 11.9 Å². The molecule has 0 radical (unpaired) electrons. The van der Waals surface area contributed by atoms with Crippen LogP contribution in [0.4, 0.5) is 5.69 Å². The summed E-state index contributed by atoms with van der Waals surface area (Å²) >= 11 is 17.7. The van der Waals surface area contributed by atoms with Crippen LogP contribution in [0.25, 0.3) is 0 Å². The molecule has 0 aliphatic heterocycles. The molecule has 7 heteroatoms. The number of carboxylic acid groups (broad SMARTS) is 1. The van der Waals surface area contributed by atoms with E-state index in [1.54, 1.807) is 0 Å². The van der Waals surface area contributed by atoms with Crippen LogP contribution in [0.15, 0.2) is 12.1 Å². The monoisotopic (exact) mass is 349 g/mol. The maximum Gasteiger partial charge on any atom is 0.306 e. The van der Waals surface area contributed by atoms with Crippen molar-refractivity contribution >= 4 is 52.4 Å². The van der Waals surface area contributed by atoms with Crippen LogP contribution in [0.1, 0.15) is 25.7 Å². The largest absolute Gasteiger partial charge is 0.481 e. The molecule has 0 aromatic heterocycles. The van der Waals surface area contributed by atoms with Crippen LogP contribution in [-0.4, -0.2) is 17.0 Å². The molecule has 2 rings (SSSR count). The number of halogens is 3. The normalized spacial score (nSPS) is 21.9.